The normalized spacial score (nSPS) is 10.3. The lowest BCUT2D eigenvalue weighted by atomic mass is 10.2. The third kappa shape index (κ3) is 5.10. The fourth-order valence-electron chi connectivity index (χ4n) is 2.21. The van der Waals surface area contributed by atoms with Crippen molar-refractivity contribution < 1.29 is 14.1 Å². The zero-order valence-corrected chi connectivity index (χ0v) is 13.9. The minimum atomic E-state index is -0.0937. The van der Waals surface area contributed by atoms with Crippen molar-refractivity contribution in [3.05, 3.63) is 66.4 Å². The van der Waals surface area contributed by atoms with Gasteiger partial charge in [-0.2, -0.15) is 0 Å². The first-order chi connectivity index (χ1) is 12.2. The second kappa shape index (κ2) is 8.01. The van der Waals surface area contributed by atoms with E-state index in [-0.39, 0.29) is 12.3 Å². The Morgan fingerprint density at radius 1 is 1.08 bits per heavy atom. The summed E-state index contributed by atoms with van der Waals surface area (Å²) in [7, 11) is 0. The lowest BCUT2D eigenvalue weighted by molar-refractivity contribution is -0.116. The van der Waals surface area contributed by atoms with E-state index in [2.05, 4.69) is 15.8 Å². The van der Waals surface area contributed by atoms with Crippen LogP contribution in [0.25, 0.3) is 0 Å². The molecule has 0 radical (unpaired) electrons. The van der Waals surface area contributed by atoms with Gasteiger partial charge in [-0.1, -0.05) is 23.4 Å². The predicted molar refractivity (Wildman–Crippen MR) is 96.1 cm³/mol. The molecule has 1 heterocycles. The molecule has 6 heteroatoms. The Hall–Kier alpha value is -3.28. The van der Waals surface area contributed by atoms with Crippen LogP contribution in [0.4, 0.5) is 17.2 Å². The average Bonchev–Trinajstić information content (AvgIpc) is 3.02. The number of ether oxygens (including phenoxy) is 1. The lowest BCUT2D eigenvalue weighted by Crippen LogP contribution is -2.15. The Balaban J connectivity index is 1.45. The van der Waals surface area contributed by atoms with Crippen LogP contribution in [0, 0.1) is 6.92 Å². The summed E-state index contributed by atoms with van der Waals surface area (Å²) in [6.45, 7) is 2.17. The van der Waals surface area contributed by atoms with Gasteiger partial charge in [0, 0.05) is 17.4 Å². The number of aryl methyl sites for hydroxylation is 1. The monoisotopic (exact) mass is 337 g/mol. The molecule has 0 aliphatic carbocycles. The van der Waals surface area contributed by atoms with Crippen molar-refractivity contribution in [2.75, 3.05) is 17.2 Å². The summed E-state index contributed by atoms with van der Waals surface area (Å²) in [5.74, 6) is 2.05. The third-order valence-corrected chi connectivity index (χ3v) is 3.41. The Bertz CT molecular complexity index is 813. The Morgan fingerprint density at radius 3 is 2.48 bits per heavy atom. The number of benzene rings is 2. The summed E-state index contributed by atoms with van der Waals surface area (Å²) in [6.07, 6.45) is 0.285. The summed E-state index contributed by atoms with van der Waals surface area (Å²) < 4.78 is 10.5. The van der Waals surface area contributed by atoms with Crippen LogP contribution in [-0.4, -0.2) is 17.7 Å². The number of aromatic nitrogens is 1. The van der Waals surface area contributed by atoms with E-state index in [1.54, 1.807) is 0 Å². The smallest absolute Gasteiger partial charge is 0.227 e. The molecule has 25 heavy (non-hydrogen) atoms. The molecular formula is C19H19N3O3. The van der Waals surface area contributed by atoms with Crippen molar-refractivity contribution in [3.8, 4) is 5.75 Å². The molecule has 0 atom stereocenters. The number of hydrogen-bond donors (Lipinski definition) is 2. The number of carbonyl (C=O) groups excluding carboxylic acids is 1. The number of carbonyl (C=O) groups is 1. The summed E-state index contributed by atoms with van der Waals surface area (Å²) in [5, 5.41) is 9.83. The molecule has 1 amide bonds. The Kier molecular flexibility index (Phi) is 5.31. The fourth-order valence-corrected chi connectivity index (χ4v) is 2.21. The molecule has 2 aromatic carbocycles. The van der Waals surface area contributed by atoms with E-state index in [1.165, 1.54) is 0 Å². The molecule has 2 N–H and O–H groups in total. The van der Waals surface area contributed by atoms with Crippen LogP contribution in [0.15, 0.2) is 65.2 Å². The standard InChI is InChI=1S/C19H19N3O3/c1-14-13-18(22-25-14)20-15-7-9-16(10-8-15)21-19(23)11-12-24-17-5-3-2-4-6-17/h2-10,13H,11-12H2,1H3,(H,20,22)(H,21,23). The third-order valence-electron chi connectivity index (χ3n) is 3.41. The van der Waals surface area contributed by atoms with Crippen molar-refractivity contribution in [1.82, 2.24) is 5.16 Å². The van der Waals surface area contributed by atoms with Crippen LogP contribution in [0.2, 0.25) is 0 Å². The number of amides is 1. The molecule has 0 aliphatic heterocycles. The molecule has 128 valence electrons. The van der Waals surface area contributed by atoms with Crippen LogP contribution in [0.3, 0.4) is 0 Å². The van der Waals surface area contributed by atoms with E-state index in [9.17, 15) is 4.79 Å². The maximum absolute atomic E-state index is 12.0. The van der Waals surface area contributed by atoms with E-state index in [4.69, 9.17) is 9.26 Å². The SMILES string of the molecule is Cc1cc(Nc2ccc(NC(=O)CCOc3ccccc3)cc2)no1. The van der Waals surface area contributed by atoms with Crippen LogP contribution in [-0.2, 0) is 4.79 Å². The van der Waals surface area contributed by atoms with Gasteiger partial charge in [0.05, 0.1) is 13.0 Å². The number of nitrogens with zero attached hydrogens (tertiary/aromatic N) is 1. The molecule has 0 unspecified atom stereocenters. The molecule has 0 aliphatic rings. The van der Waals surface area contributed by atoms with E-state index in [0.717, 1.165) is 22.9 Å². The highest BCUT2D eigenvalue weighted by molar-refractivity contribution is 5.91. The first kappa shape index (κ1) is 16.6. The van der Waals surface area contributed by atoms with Gasteiger partial charge in [-0.25, -0.2) is 0 Å². The first-order valence-corrected chi connectivity index (χ1v) is 7.97. The largest absolute Gasteiger partial charge is 0.493 e. The molecule has 0 spiro atoms. The van der Waals surface area contributed by atoms with Crippen LogP contribution in [0.5, 0.6) is 5.75 Å². The van der Waals surface area contributed by atoms with Crippen molar-refractivity contribution in [3.63, 3.8) is 0 Å². The summed E-state index contributed by atoms with van der Waals surface area (Å²) in [6, 6.07) is 18.6. The van der Waals surface area contributed by atoms with Crippen LogP contribution < -0.4 is 15.4 Å². The van der Waals surface area contributed by atoms with Crippen molar-refractivity contribution in [2.24, 2.45) is 0 Å². The topological polar surface area (TPSA) is 76.4 Å². The summed E-state index contributed by atoms with van der Waals surface area (Å²) in [5.41, 5.74) is 1.59. The highest BCUT2D eigenvalue weighted by atomic mass is 16.5. The van der Waals surface area contributed by atoms with E-state index in [0.29, 0.717) is 12.4 Å². The minimum Gasteiger partial charge on any atom is -0.493 e. The molecule has 1 aromatic heterocycles. The number of nitrogens with one attached hydrogen (secondary N) is 2. The van der Waals surface area contributed by atoms with Gasteiger partial charge in [-0.05, 0) is 43.3 Å². The average molecular weight is 337 g/mol. The second-order valence-electron chi connectivity index (χ2n) is 5.48. The van der Waals surface area contributed by atoms with E-state index in [1.807, 2.05) is 67.6 Å². The summed E-state index contributed by atoms with van der Waals surface area (Å²) >= 11 is 0. The maximum Gasteiger partial charge on any atom is 0.227 e. The molecule has 0 bridgehead atoms. The van der Waals surface area contributed by atoms with Gasteiger partial charge in [0.15, 0.2) is 5.82 Å². The highest BCUT2D eigenvalue weighted by Gasteiger charge is 2.04. The van der Waals surface area contributed by atoms with Gasteiger partial charge < -0.3 is 19.9 Å². The Labute approximate surface area is 145 Å². The molecule has 6 nitrogen and oxygen atoms in total. The Morgan fingerprint density at radius 2 is 1.80 bits per heavy atom. The quantitative estimate of drug-likeness (QED) is 0.678. The second-order valence-corrected chi connectivity index (χ2v) is 5.48. The zero-order chi connectivity index (χ0) is 17.5. The lowest BCUT2D eigenvalue weighted by Gasteiger charge is -2.08. The zero-order valence-electron chi connectivity index (χ0n) is 13.9. The van der Waals surface area contributed by atoms with Gasteiger partial charge in [0.25, 0.3) is 0 Å². The van der Waals surface area contributed by atoms with Crippen molar-refractivity contribution in [1.29, 1.82) is 0 Å². The summed E-state index contributed by atoms with van der Waals surface area (Å²) in [4.78, 5) is 12.0. The van der Waals surface area contributed by atoms with Gasteiger partial charge in [-0.3, -0.25) is 4.79 Å². The van der Waals surface area contributed by atoms with Gasteiger partial charge in [0.2, 0.25) is 5.91 Å². The van der Waals surface area contributed by atoms with Crippen molar-refractivity contribution in [2.45, 2.75) is 13.3 Å². The number of rotatable bonds is 7. The molecule has 3 rings (SSSR count). The maximum atomic E-state index is 12.0. The van der Waals surface area contributed by atoms with Gasteiger partial charge in [0.1, 0.15) is 11.5 Å². The van der Waals surface area contributed by atoms with Gasteiger partial charge in [-0.15, -0.1) is 0 Å². The van der Waals surface area contributed by atoms with E-state index < -0.39 is 0 Å². The van der Waals surface area contributed by atoms with Crippen LogP contribution in [0.1, 0.15) is 12.2 Å². The van der Waals surface area contributed by atoms with Crippen LogP contribution >= 0.6 is 0 Å². The predicted octanol–water partition coefficient (Wildman–Crippen LogP) is 4.13. The number of hydrogen-bond acceptors (Lipinski definition) is 5. The number of anilines is 3. The minimum absolute atomic E-state index is 0.0937. The fraction of sp³-hybridized carbons (Fsp3) is 0.158. The molecular weight excluding hydrogens is 318 g/mol. The van der Waals surface area contributed by atoms with Crippen molar-refractivity contribution >= 4 is 23.1 Å². The molecule has 3 aromatic rings. The highest BCUT2D eigenvalue weighted by Crippen LogP contribution is 2.19. The molecule has 0 saturated carbocycles. The molecule has 0 saturated heterocycles. The van der Waals surface area contributed by atoms with E-state index >= 15 is 0 Å². The number of para-hydroxylation sites is 1. The molecule has 0 fully saturated rings. The first-order valence-electron chi connectivity index (χ1n) is 7.97. The van der Waals surface area contributed by atoms with Gasteiger partial charge >= 0.3 is 0 Å².